The van der Waals surface area contributed by atoms with Crippen molar-refractivity contribution in [1.82, 2.24) is 5.32 Å². The third-order valence-corrected chi connectivity index (χ3v) is 2.66. The van der Waals surface area contributed by atoms with Gasteiger partial charge in [-0.3, -0.25) is 9.59 Å². The van der Waals surface area contributed by atoms with Crippen molar-refractivity contribution < 1.29 is 19.1 Å². The lowest BCUT2D eigenvalue weighted by molar-refractivity contribution is -0.141. The summed E-state index contributed by atoms with van der Waals surface area (Å²) in [4.78, 5) is 22.3. The van der Waals surface area contributed by atoms with Gasteiger partial charge in [0.1, 0.15) is 11.9 Å². The number of carboxylic acid groups (broad SMARTS) is 1. The molecule has 0 saturated heterocycles. The molecule has 1 aromatic rings. The molecule has 0 aliphatic heterocycles. The van der Waals surface area contributed by atoms with Gasteiger partial charge in [0.05, 0.1) is 0 Å². The molecule has 0 saturated carbocycles. The second-order valence-corrected chi connectivity index (χ2v) is 4.27. The number of amides is 1. The Morgan fingerprint density at radius 1 is 1.33 bits per heavy atom. The second-order valence-electron chi connectivity index (χ2n) is 4.27. The number of aliphatic carboxylic acids is 1. The molecule has 1 amide bonds. The summed E-state index contributed by atoms with van der Waals surface area (Å²) in [6.07, 6.45) is 0.241. The maximum atomic E-state index is 13.4. The van der Waals surface area contributed by atoms with Crippen molar-refractivity contribution in [2.75, 3.05) is 0 Å². The molecule has 98 valence electrons. The number of benzene rings is 1. The zero-order valence-electron chi connectivity index (χ0n) is 10.3. The van der Waals surface area contributed by atoms with Gasteiger partial charge in [-0.1, -0.05) is 25.1 Å². The summed E-state index contributed by atoms with van der Waals surface area (Å²) in [6, 6.07) is 5.28. The number of carbonyl (C=O) groups excluding carboxylic acids is 1. The van der Waals surface area contributed by atoms with E-state index in [1.54, 1.807) is 25.1 Å². The van der Waals surface area contributed by atoms with Crippen LogP contribution in [0.5, 0.6) is 0 Å². The van der Waals surface area contributed by atoms with Crippen molar-refractivity contribution in [3.8, 4) is 0 Å². The fourth-order valence-corrected chi connectivity index (χ4v) is 1.50. The molecule has 0 radical (unpaired) electrons. The van der Waals surface area contributed by atoms with Crippen molar-refractivity contribution in [2.24, 2.45) is 5.92 Å². The van der Waals surface area contributed by atoms with Gasteiger partial charge < -0.3 is 10.4 Å². The molecule has 2 atom stereocenters. The highest BCUT2D eigenvalue weighted by Crippen LogP contribution is 2.12. The molecule has 4 nitrogen and oxygen atoms in total. The zero-order valence-corrected chi connectivity index (χ0v) is 10.3. The molecule has 0 aliphatic carbocycles. The van der Waals surface area contributed by atoms with Crippen LogP contribution >= 0.6 is 0 Å². The van der Waals surface area contributed by atoms with E-state index < -0.39 is 23.8 Å². The molecule has 1 unspecified atom stereocenters. The molecule has 0 heterocycles. The van der Waals surface area contributed by atoms with Crippen LogP contribution in [0.4, 0.5) is 4.39 Å². The molecule has 1 rings (SSSR count). The number of halogens is 1. The molecular formula is C13H16FNO3. The van der Waals surface area contributed by atoms with E-state index in [0.29, 0.717) is 5.56 Å². The molecule has 0 spiro atoms. The molecule has 5 heteroatoms. The third kappa shape index (κ3) is 3.84. The fourth-order valence-electron chi connectivity index (χ4n) is 1.50. The Morgan fingerprint density at radius 2 is 1.94 bits per heavy atom. The highest BCUT2D eigenvalue weighted by Gasteiger charge is 2.19. The van der Waals surface area contributed by atoms with Crippen LogP contribution in [-0.4, -0.2) is 23.0 Å². The van der Waals surface area contributed by atoms with E-state index in [1.807, 2.05) is 0 Å². The second kappa shape index (κ2) is 6.14. The summed E-state index contributed by atoms with van der Waals surface area (Å²) in [5.74, 6) is -2.33. The predicted octanol–water partition coefficient (Wildman–Crippen LogP) is 1.59. The first-order valence-electron chi connectivity index (χ1n) is 5.68. The topological polar surface area (TPSA) is 66.4 Å². The number of carbonyl (C=O) groups is 2. The highest BCUT2D eigenvalue weighted by molar-refractivity contribution is 5.84. The van der Waals surface area contributed by atoms with Gasteiger partial charge in [0.15, 0.2) is 0 Å². The standard InChI is InChI=1S/C13H16FNO3/c1-8(12(16)15-9(2)13(17)18)7-10-5-3-4-6-11(10)14/h3-6,8-9H,7H2,1-2H3,(H,15,16)(H,17,18)/t8?,9-/m0/s1. The minimum absolute atomic E-state index is 0.241. The van der Waals surface area contributed by atoms with E-state index in [9.17, 15) is 14.0 Å². The van der Waals surface area contributed by atoms with Gasteiger partial charge in [-0.25, -0.2) is 4.39 Å². The van der Waals surface area contributed by atoms with E-state index in [1.165, 1.54) is 13.0 Å². The van der Waals surface area contributed by atoms with Gasteiger partial charge in [-0.2, -0.15) is 0 Å². The summed E-state index contributed by atoms with van der Waals surface area (Å²) >= 11 is 0. The summed E-state index contributed by atoms with van der Waals surface area (Å²) in [5, 5.41) is 11.0. The first-order valence-corrected chi connectivity index (χ1v) is 5.68. The lowest BCUT2D eigenvalue weighted by Crippen LogP contribution is -2.41. The summed E-state index contributed by atoms with van der Waals surface area (Å²) in [7, 11) is 0. The number of nitrogens with one attached hydrogen (secondary N) is 1. The highest BCUT2D eigenvalue weighted by atomic mass is 19.1. The maximum absolute atomic E-state index is 13.4. The molecule has 1 aromatic carbocycles. The number of hydrogen-bond acceptors (Lipinski definition) is 2. The fraction of sp³-hybridized carbons (Fsp3) is 0.385. The van der Waals surface area contributed by atoms with Crippen LogP contribution in [0, 0.1) is 11.7 Å². The minimum atomic E-state index is -1.10. The van der Waals surface area contributed by atoms with Crippen molar-refractivity contribution in [2.45, 2.75) is 26.3 Å². The molecule has 0 aromatic heterocycles. The van der Waals surface area contributed by atoms with Crippen LogP contribution in [0.25, 0.3) is 0 Å². The molecule has 0 bridgehead atoms. The number of rotatable bonds is 5. The summed E-state index contributed by atoms with van der Waals surface area (Å²) < 4.78 is 13.4. The van der Waals surface area contributed by atoms with E-state index >= 15 is 0 Å². The van der Waals surface area contributed by atoms with Crippen molar-refractivity contribution >= 4 is 11.9 Å². The van der Waals surface area contributed by atoms with E-state index in [0.717, 1.165) is 0 Å². The first-order chi connectivity index (χ1) is 8.41. The van der Waals surface area contributed by atoms with Crippen molar-refractivity contribution in [1.29, 1.82) is 0 Å². The van der Waals surface area contributed by atoms with Crippen LogP contribution in [0.15, 0.2) is 24.3 Å². The van der Waals surface area contributed by atoms with Gasteiger partial charge in [0, 0.05) is 5.92 Å². The normalized spacial score (nSPS) is 13.7. The zero-order chi connectivity index (χ0) is 13.7. The van der Waals surface area contributed by atoms with Crippen molar-refractivity contribution in [3.05, 3.63) is 35.6 Å². The van der Waals surface area contributed by atoms with Crippen LogP contribution in [0.2, 0.25) is 0 Å². The number of carboxylic acids is 1. The third-order valence-electron chi connectivity index (χ3n) is 2.66. The van der Waals surface area contributed by atoms with Crippen LogP contribution in [-0.2, 0) is 16.0 Å². The van der Waals surface area contributed by atoms with Gasteiger partial charge in [-0.05, 0) is 25.0 Å². The minimum Gasteiger partial charge on any atom is -0.480 e. The lowest BCUT2D eigenvalue weighted by Gasteiger charge is -2.15. The Kier molecular flexibility index (Phi) is 4.83. The average molecular weight is 253 g/mol. The Hall–Kier alpha value is -1.91. The van der Waals surface area contributed by atoms with Crippen LogP contribution in [0.1, 0.15) is 19.4 Å². The lowest BCUT2D eigenvalue weighted by atomic mass is 9.99. The molecule has 0 fully saturated rings. The average Bonchev–Trinajstić information content (AvgIpc) is 2.31. The predicted molar refractivity (Wildman–Crippen MR) is 64.5 cm³/mol. The molecule has 2 N–H and O–H groups in total. The van der Waals surface area contributed by atoms with Crippen molar-refractivity contribution in [3.63, 3.8) is 0 Å². The Balaban J connectivity index is 2.60. The van der Waals surface area contributed by atoms with Crippen LogP contribution < -0.4 is 5.32 Å². The van der Waals surface area contributed by atoms with E-state index in [4.69, 9.17) is 5.11 Å². The van der Waals surface area contributed by atoms with Gasteiger partial charge in [0.25, 0.3) is 0 Å². The summed E-state index contributed by atoms with van der Waals surface area (Å²) in [5.41, 5.74) is 0.447. The quantitative estimate of drug-likeness (QED) is 0.837. The van der Waals surface area contributed by atoms with Gasteiger partial charge in [0.2, 0.25) is 5.91 Å². The molecular weight excluding hydrogens is 237 g/mol. The molecule has 0 aliphatic rings. The summed E-state index contributed by atoms with van der Waals surface area (Å²) in [6.45, 7) is 3.02. The van der Waals surface area contributed by atoms with E-state index in [-0.39, 0.29) is 12.2 Å². The van der Waals surface area contributed by atoms with Crippen LogP contribution in [0.3, 0.4) is 0 Å². The van der Waals surface area contributed by atoms with Gasteiger partial charge in [-0.15, -0.1) is 0 Å². The number of hydrogen-bond donors (Lipinski definition) is 2. The largest absolute Gasteiger partial charge is 0.480 e. The molecule has 18 heavy (non-hydrogen) atoms. The monoisotopic (exact) mass is 253 g/mol. The Labute approximate surface area is 105 Å². The van der Waals surface area contributed by atoms with E-state index in [2.05, 4.69) is 5.32 Å². The Bertz CT molecular complexity index is 448. The maximum Gasteiger partial charge on any atom is 0.325 e. The Morgan fingerprint density at radius 3 is 2.50 bits per heavy atom. The SMILES string of the molecule is CC(Cc1ccccc1F)C(=O)N[C@@H](C)C(=O)O. The smallest absolute Gasteiger partial charge is 0.325 e. The van der Waals surface area contributed by atoms with Gasteiger partial charge >= 0.3 is 5.97 Å². The first kappa shape index (κ1) is 14.2.